The molecule has 0 aliphatic carbocycles. The normalized spacial score (nSPS) is 15.3. The van der Waals surface area contributed by atoms with E-state index in [1.54, 1.807) is 23.0 Å². The number of nitrogens with one attached hydrogen (secondary N) is 1. The smallest absolute Gasteiger partial charge is 0.250 e. The summed E-state index contributed by atoms with van der Waals surface area (Å²) in [5, 5.41) is 7.46. The molecule has 8 nitrogen and oxygen atoms in total. The lowest BCUT2D eigenvalue weighted by Crippen LogP contribution is -2.52. The molecule has 1 N–H and O–H groups in total. The molecule has 0 unspecified atom stereocenters. The third-order valence-electron chi connectivity index (χ3n) is 5.49. The minimum Gasteiger partial charge on any atom is -0.364 e. The van der Waals surface area contributed by atoms with Crippen molar-refractivity contribution in [1.82, 2.24) is 24.8 Å². The molecular weight excluding hydrogens is 392 g/mol. The van der Waals surface area contributed by atoms with Gasteiger partial charge in [-0.3, -0.25) is 14.7 Å². The van der Waals surface area contributed by atoms with Crippen LogP contribution in [0.5, 0.6) is 0 Å². The van der Waals surface area contributed by atoms with Gasteiger partial charge in [0.1, 0.15) is 6.26 Å². The van der Waals surface area contributed by atoms with Crippen LogP contribution in [-0.4, -0.2) is 58.7 Å². The Balaban J connectivity index is 1.26. The molecule has 1 aromatic carbocycles. The first-order chi connectivity index (χ1) is 15.2. The summed E-state index contributed by atoms with van der Waals surface area (Å²) >= 11 is 0. The Kier molecular flexibility index (Phi) is 6.78. The lowest BCUT2D eigenvalue weighted by molar-refractivity contribution is 0.169. The van der Waals surface area contributed by atoms with E-state index in [9.17, 15) is 4.79 Å². The van der Waals surface area contributed by atoms with E-state index >= 15 is 0 Å². The zero-order valence-corrected chi connectivity index (χ0v) is 17.8. The van der Waals surface area contributed by atoms with Gasteiger partial charge in [-0.1, -0.05) is 35.5 Å². The molecule has 0 spiro atoms. The first kappa shape index (κ1) is 20.9. The van der Waals surface area contributed by atoms with E-state index < -0.39 is 0 Å². The number of hydrogen-bond acceptors (Lipinski definition) is 5. The monoisotopic (exact) mass is 420 g/mol. The van der Waals surface area contributed by atoms with Crippen LogP contribution in [-0.2, 0) is 19.6 Å². The molecule has 162 valence electrons. The van der Waals surface area contributed by atoms with Crippen LogP contribution >= 0.6 is 0 Å². The van der Waals surface area contributed by atoms with Crippen molar-refractivity contribution in [2.75, 3.05) is 33.2 Å². The van der Waals surface area contributed by atoms with E-state index in [1.165, 1.54) is 5.56 Å². The topological polar surface area (TPSA) is 78.9 Å². The molecule has 1 fully saturated rings. The summed E-state index contributed by atoms with van der Waals surface area (Å²) < 4.78 is 6.62. The van der Waals surface area contributed by atoms with Crippen LogP contribution in [0.1, 0.15) is 16.8 Å². The summed E-state index contributed by atoms with van der Waals surface area (Å²) in [5.41, 5.74) is 3.26. The molecule has 1 aliphatic rings. The SMILES string of the molecule is CN=C(NCc1ccc(Cn2ccccc2=O)cc1)N1CCN(Cc2ccon2)CC1. The van der Waals surface area contributed by atoms with Crippen LogP contribution in [0.2, 0.25) is 0 Å². The second-order valence-corrected chi connectivity index (χ2v) is 7.64. The molecule has 4 rings (SSSR count). The summed E-state index contributed by atoms with van der Waals surface area (Å²) in [6.07, 6.45) is 3.43. The van der Waals surface area contributed by atoms with E-state index in [2.05, 4.69) is 49.5 Å². The molecule has 0 atom stereocenters. The molecule has 0 bridgehead atoms. The molecular formula is C23H28N6O2. The second kappa shape index (κ2) is 10.1. The highest BCUT2D eigenvalue weighted by Gasteiger charge is 2.20. The summed E-state index contributed by atoms with van der Waals surface area (Å²) in [6.45, 7) is 5.86. The van der Waals surface area contributed by atoms with E-state index in [0.29, 0.717) is 13.1 Å². The van der Waals surface area contributed by atoms with Gasteiger partial charge in [0.15, 0.2) is 5.96 Å². The molecule has 31 heavy (non-hydrogen) atoms. The number of hydrogen-bond donors (Lipinski definition) is 1. The Morgan fingerprint density at radius 1 is 1.03 bits per heavy atom. The summed E-state index contributed by atoms with van der Waals surface area (Å²) in [6, 6.07) is 15.5. The third kappa shape index (κ3) is 5.61. The van der Waals surface area contributed by atoms with Crippen molar-refractivity contribution in [3.05, 3.63) is 88.2 Å². The number of pyridine rings is 1. The van der Waals surface area contributed by atoms with Gasteiger partial charge in [0.05, 0.1) is 12.2 Å². The summed E-state index contributed by atoms with van der Waals surface area (Å²) in [5.74, 6) is 0.918. The van der Waals surface area contributed by atoms with Crippen LogP contribution in [0, 0.1) is 0 Å². The quantitative estimate of drug-likeness (QED) is 0.484. The minimum absolute atomic E-state index is 0.0122. The standard InChI is InChI=1S/C23H28N6O2/c1-24-23(28-13-11-27(12-14-28)18-21-9-15-31-26-21)25-16-19-5-7-20(8-6-19)17-29-10-3-2-4-22(29)30/h2-10,15H,11-14,16-18H2,1H3,(H,24,25). The highest BCUT2D eigenvalue weighted by Crippen LogP contribution is 2.09. The van der Waals surface area contributed by atoms with Gasteiger partial charge in [-0.2, -0.15) is 0 Å². The first-order valence-corrected chi connectivity index (χ1v) is 10.5. The Morgan fingerprint density at radius 3 is 2.48 bits per heavy atom. The number of nitrogens with zero attached hydrogens (tertiary/aromatic N) is 5. The average molecular weight is 421 g/mol. The maximum absolute atomic E-state index is 11.9. The van der Waals surface area contributed by atoms with Gasteiger partial charge in [0, 0.05) is 64.6 Å². The maximum atomic E-state index is 11.9. The van der Waals surface area contributed by atoms with E-state index in [-0.39, 0.29) is 5.56 Å². The Morgan fingerprint density at radius 2 is 1.81 bits per heavy atom. The van der Waals surface area contributed by atoms with Gasteiger partial charge in [-0.05, 0) is 17.2 Å². The van der Waals surface area contributed by atoms with Crippen LogP contribution in [0.15, 0.2) is 75.3 Å². The summed E-state index contributed by atoms with van der Waals surface area (Å²) in [4.78, 5) is 21.0. The van der Waals surface area contributed by atoms with Crippen molar-refractivity contribution in [3.63, 3.8) is 0 Å². The maximum Gasteiger partial charge on any atom is 0.250 e. The predicted octanol–water partition coefficient (Wildman–Crippen LogP) is 1.78. The fourth-order valence-electron chi connectivity index (χ4n) is 3.73. The summed E-state index contributed by atoms with van der Waals surface area (Å²) in [7, 11) is 1.82. The van der Waals surface area contributed by atoms with Crippen molar-refractivity contribution >= 4 is 5.96 Å². The van der Waals surface area contributed by atoms with Gasteiger partial charge in [0.25, 0.3) is 5.56 Å². The molecule has 8 heteroatoms. The van der Waals surface area contributed by atoms with Crippen LogP contribution in [0.4, 0.5) is 0 Å². The van der Waals surface area contributed by atoms with Gasteiger partial charge in [-0.15, -0.1) is 0 Å². The van der Waals surface area contributed by atoms with Crippen LogP contribution in [0.3, 0.4) is 0 Å². The average Bonchev–Trinajstić information content (AvgIpc) is 3.31. The van der Waals surface area contributed by atoms with Crippen molar-refractivity contribution in [3.8, 4) is 0 Å². The molecule has 3 aromatic rings. The number of piperazine rings is 1. The van der Waals surface area contributed by atoms with Crippen molar-refractivity contribution in [1.29, 1.82) is 0 Å². The Labute approximate surface area is 181 Å². The van der Waals surface area contributed by atoms with Crippen LogP contribution < -0.4 is 10.9 Å². The Bertz CT molecular complexity index is 1030. The highest BCUT2D eigenvalue weighted by molar-refractivity contribution is 5.80. The number of guanidine groups is 1. The Hall–Kier alpha value is -3.39. The van der Waals surface area contributed by atoms with Crippen molar-refractivity contribution in [2.45, 2.75) is 19.6 Å². The van der Waals surface area contributed by atoms with Crippen LogP contribution in [0.25, 0.3) is 0 Å². The van der Waals surface area contributed by atoms with Gasteiger partial charge in [-0.25, -0.2) is 0 Å². The number of benzene rings is 1. The molecule has 1 aliphatic heterocycles. The molecule has 0 saturated carbocycles. The molecule has 3 heterocycles. The number of aromatic nitrogens is 2. The lowest BCUT2D eigenvalue weighted by Gasteiger charge is -2.36. The second-order valence-electron chi connectivity index (χ2n) is 7.64. The van der Waals surface area contributed by atoms with E-state index in [1.807, 2.05) is 25.4 Å². The van der Waals surface area contributed by atoms with Crippen molar-refractivity contribution < 1.29 is 4.52 Å². The molecule has 0 amide bonds. The minimum atomic E-state index is 0.0122. The molecule has 2 aromatic heterocycles. The third-order valence-corrected chi connectivity index (χ3v) is 5.49. The van der Waals surface area contributed by atoms with Gasteiger partial charge < -0.3 is 19.3 Å². The highest BCUT2D eigenvalue weighted by atomic mass is 16.5. The predicted molar refractivity (Wildman–Crippen MR) is 120 cm³/mol. The lowest BCUT2D eigenvalue weighted by atomic mass is 10.1. The van der Waals surface area contributed by atoms with E-state index in [4.69, 9.17) is 4.52 Å². The number of rotatable bonds is 6. The molecule has 1 saturated heterocycles. The van der Waals surface area contributed by atoms with Gasteiger partial charge in [0.2, 0.25) is 0 Å². The van der Waals surface area contributed by atoms with Crippen molar-refractivity contribution in [2.24, 2.45) is 4.99 Å². The first-order valence-electron chi connectivity index (χ1n) is 10.5. The fraction of sp³-hybridized carbons (Fsp3) is 0.348. The van der Waals surface area contributed by atoms with E-state index in [0.717, 1.165) is 49.9 Å². The van der Waals surface area contributed by atoms with Gasteiger partial charge >= 0.3 is 0 Å². The zero-order chi connectivity index (χ0) is 21.5. The number of aliphatic imine (C=N–C) groups is 1. The fourth-order valence-corrected chi connectivity index (χ4v) is 3.73. The molecule has 0 radical (unpaired) electrons. The zero-order valence-electron chi connectivity index (χ0n) is 17.8. The largest absolute Gasteiger partial charge is 0.364 e.